The van der Waals surface area contributed by atoms with Gasteiger partial charge in [0, 0.05) is 0 Å². The van der Waals surface area contributed by atoms with Gasteiger partial charge in [-0.15, -0.1) is 12.4 Å². The van der Waals surface area contributed by atoms with Crippen molar-refractivity contribution in [2.45, 2.75) is 31.5 Å². The molecular weight excluding hydrogens is 252 g/mol. The molecule has 2 aliphatic heterocycles. The van der Waals surface area contributed by atoms with Crippen LogP contribution in [-0.2, 0) is 16.1 Å². The van der Waals surface area contributed by atoms with Crippen LogP contribution in [0.2, 0.25) is 0 Å². The quantitative estimate of drug-likeness (QED) is 0.816. The summed E-state index contributed by atoms with van der Waals surface area (Å²) in [5, 5.41) is 3.06. The van der Waals surface area contributed by atoms with Crippen LogP contribution in [0, 0.1) is 0 Å². The molecule has 2 atom stereocenters. The first-order chi connectivity index (χ1) is 8.25. The van der Waals surface area contributed by atoms with Crippen molar-refractivity contribution in [2.24, 2.45) is 0 Å². The monoisotopic (exact) mass is 266 g/mol. The van der Waals surface area contributed by atoms with E-state index < -0.39 is 0 Å². The number of imide groups is 1. The van der Waals surface area contributed by atoms with Crippen molar-refractivity contribution in [3.8, 4) is 0 Å². The van der Waals surface area contributed by atoms with Crippen molar-refractivity contribution in [3.63, 3.8) is 0 Å². The minimum atomic E-state index is -0.151. The number of benzene rings is 1. The van der Waals surface area contributed by atoms with Crippen LogP contribution in [0.15, 0.2) is 30.3 Å². The van der Waals surface area contributed by atoms with Crippen LogP contribution in [0.4, 0.5) is 0 Å². The summed E-state index contributed by atoms with van der Waals surface area (Å²) in [5.74, 6) is -0.153. The molecule has 1 N–H and O–H groups in total. The highest BCUT2D eigenvalue weighted by Crippen LogP contribution is 2.23. The highest BCUT2D eigenvalue weighted by molar-refractivity contribution is 6.03. The molecule has 2 saturated heterocycles. The predicted molar refractivity (Wildman–Crippen MR) is 69.2 cm³/mol. The molecule has 4 nitrogen and oxygen atoms in total. The summed E-state index contributed by atoms with van der Waals surface area (Å²) in [6.45, 7) is 0.396. The topological polar surface area (TPSA) is 49.4 Å². The summed E-state index contributed by atoms with van der Waals surface area (Å²) in [4.78, 5) is 25.5. The van der Waals surface area contributed by atoms with E-state index in [0.717, 1.165) is 18.4 Å². The molecule has 5 heteroatoms. The fourth-order valence-electron chi connectivity index (χ4n) is 2.54. The van der Waals surface area contributed by atoms with Gasteiger partial charge in [-0.05, 0) is 18.4 Å². The third-order valence-electron chi connectivity index (χ3n) is 3.46. The van der Waals surface area contributed by atoms with Gasteiger partial charge in [0.1, 0.15) is 0 Å². The van der Waals surface area contributed by atoms with Crippen LogP contribution < -0.4 is 5.32 Å². The smallest absolute Gasteiger partial charge is 0.246 e. The van der Waals surface area contributed by atoms with Gasteiger partial charge in [-0.1, -0.05) is 30.3 Å². The molecule has 2 aliphatic rings. The van der Waals surface area contributed by atoms with E-state index in [1.165, 1.54) is 4.90 Å². The minimum absolute atomic E-state index is 0. The van der Waals surface area contributed by atoms with Crippen molar-refractivity contribution in [1.29, 1.82) is 0 Å². The molecule has 0 saturated carbocycles. The van der Waals surface area contributed by atoms with Crippen LogP contribution in [0.5, 0.6) is 0 Å². The minimum Gasteiger partial charge on any atom is -0.295 e. The Bertz CT molecular complexity index is 441. The molecule has 0 aliphatic carbocycles. The number of carbonyl (C=O) groups is 2. The molecule has 1 aromatic rings. The Morgan fingerprint density at radius 1 is 1.06 bits per heavy atom. The maximum atomic E-state index is 12.0. The van der Waals surface area contributed by atoms with Gasteiger partial charge in [0.05, 0.1) is 18.6 Å². The maximum absolute atomic E-state index is 12.0. The van der Waals surface area contributed by atoms with Gasteiger partial charge in [0.25, 0.3) is 0 Å². The van der Waals surface area contributed by atoms with Crippen molar-refractivity contribution < 1.29 is 9.59 Å². The largest absolute Gasteiger partial charge is 0.295 e. The van der Waals surface area contributed by atoms with E-state index in [9.17, 15) is 9.59 Å². The first-order valence-electron chi connectivity index (χ1n) is 5.91. The number of halogens is 1. The van der Waals surface area contributed by atoms with Gasteiger partial charge in [0.15, 0.2) is 0 Å². The number of carbonyl (C=O) groups excluding carboxylic acids is 2. The lowest BCUT2D eigenvalue weighted by Crippen LogP contribution is -2.58. The standard InChI is InChI=1S/C13H14N2O2.ClH/c16-12-10-6-7-11(14-10)13(17)15(12)8-9-4-2-1-3-5-9;/h1-5,10-11,14H,6-8H2;1H. The van der Waals surface area contributed by atoms with Crippen LogP contribution in [0.1, 0.15) is 18.4 Å². The number of nitrogens with zero attached hydrogens (tertiary/aromatic N) is 1. The van der Waals surface area contributed by atoms with E-state index in [4.69, 9.17) is 0 Å². The number of likely N-dealkylation sites (tertiary alicyclic amines) is 1. The molecule has 2 bridgehead atoms. The summed E-state index contributed by atoms with van der Waals surface area (Å²) in [7, 11) is 0. The van der Waals surface area contributed by atoms with Gasteiger partial charge < -0.3 is 0 Å². The molecule has 0 spiro atoms. The fraction of sp³-hybridized carbons (Fsp3) is 0.385. The zero-order chi connectivity index (χ0) is 11.8. The lowest BCUT2D eigenvalue weighted by Gasteiger charge is -2.30. The SMILES string of the molecule is Cl.O=C1C2CCC(N2)C(=O)N1Cc1ccccc1. The van der Waals surface area contributed by atoms with Gasteiger partial charge in [-0.2, -0.15) is 0 Å². The summed E-state index contributed by atoms with van der Waals surface area (Å²) < 4.78 is 0. The highest BCUT2D eigenvalue weighted by atomic mass is 35.5. The normalized spacial score (nSPS) is 26.1. The molecule has 18 heavy (non-hydrogen) atoms. The number of hydrogen-bond acceptors (Lipinski definition) is 3. The van der Waals surface area contributed by atoms with E-state index >= 15 is 0 Å². The number of amides is 2. The lowest BCUT2D eigenvalue weighted by molar-refractivity contribution is -0.150. The van der Waals surface area contributed by atoms with Crippen molar-refractivity contribution in [3.05, 3.63) is 35.9 Å². The van der Waals surface area contributed by atoms with Crippen LogP contribution >= 0.6 is 12.4 Å². The van der Waals surface area contributed by atoms with Gasteiger partial charge in [-0.3, -0.25) is 19.8 Å². The van der Waals surface area contributed by atoms with Gasteiger partial charge in [0.2, 0.25) is 11.8 Å². The molecule has 2 fully saturated rings. The molecule has 2 unspecified atom stereocenters. The average molecular weight is 267 g/mol. The number of hydrogen-bond donors (Lipinski definition) is 1. The number of piperazine rings is 1. The second kappa shape index (κ2) is 5.08. The second-order valence-electron chi connectivity index (χ2n) is 4.60. The summed E-state index contributed by atoms with van der Waals surface area (Å²) in [6, 6.07) is 9.33. The summed E-state index contributed by atoms with van der Waals surface area (Å²) >= 11 is 0. The highest BCUT2D eigenvalue weighted by Gasteiger charge is 2.44. The van der Waals surface area contributed by atoms with E-state index in [0.29, 0.717) is 6.54 Å². The Kier molecular flexibility index (Phi) is 3.68. The van der Waals surface area contributed by atoms with Gasteiger partial charge >= 0.3 is 0 Å². The van der Waals surface area contributed by atoms with Gasteiger partial charge in [-0.25, -0.2) is 0 Å². The summed E-state index contributed by atoms with van der Waals surface area (Å²) in [6.07, 6.45) is 1.56. The predicted octanol–water partition coefficient (Wildman–Crippen LogP) is 1.10. The lowest BCUT2D eigenvalue weighted by atomic mass is 10.1. The molecule has 0 aromatic heterocycles. The fourth-order valence-corrected chi connectivity index (χ4v) is 2.54. The van der Waals surface area contributed by atoms with E-state index in [2.05, 4.69) is 5.32 Å². The number of fused-ring (bicyclic) bond motifs is 2. The third kappa shape index (κ3) is 2.13. The van der Waals surface area contributed by atoms with Crippen LogP contribution in [-0.4, -0.2) is 28.8 Å². The summed E-state index contributed by atoms with van der Waals surface area (Å²) in [5.41, 5.74) is 0.996. The van der Waals surface area contributed by atoms with E-state index in [1.807, 2.05) is 30.3 Å². The Morgan fingerprint density at radius 3 is 2.17 bits per heavy atom. The van der Waals surface area contributed by atoms with E-state index in [1.54, 1.807) is 0 Å². The van der Waals surface area contributed by atoms with Crippen molar-refractivity contribution in [2.75, 3.05) is 0 Å². The van der Waals surface area contributed by atoms with E-state index in [-0.39, 0.29) is 36.3 Å². The average Bonchev–Trinajstić information content (AvgIpc) is 2.81. The number of nitrogens with one attached hydrogen (secondary N) is 1. The molecule has 2 heterocycles. The Morgan fingerprint density at radius 2 is 1.61 bits per heavy atom. The molecule has 0 radical (unpaired) electrons. The molecule has 96 valence electrons. The first kappa shape index (κ1) is 13.1. The Hall–Kier alpha value is -1.39. The van der Waals surface area contributed by atoms with Crippen LogP contribution in [0.25, 0.3) is 0 Å². The Labute approximate surface area is 112 Å². The van der Waals surface area contributed by atoms with Crippen molar-refractivity contribution >= 4 is 24.2 Å². The molecular formula is C13H15ClN2O2. The molecule has 1 aromatic carbocycles. The third-order valence-corrected chi connectivity index (χ3v) is 3.46. The molecule has 3 rings (SSSR count). The maximum Gasteiger partial charge on any atom is 0.246 e. The zero-order valence-corrected chi connectivity index (χ0v) is 10.7. The molecule has 2 amide bonds. The second-order valence-corrected chi connectivity index (χ2v) is 4.60. The first-order valence-corrected chi connectivity index (χ1v) is 5.91. The Balaban J connectivity index is 0.00000120. The van der Waals surface area contributed by atoms with Crippen LogP contribution in [0.3, 0.4) is 0 Å². The zero-order valence-electron chi connectivity index (χ0n) is 9.83. The van der Waals surface area contributed by atoms with Crippen molar-refractivity contribution in [1.82, 2.24) is 10.2 Å². The number of rotatable bonds is 2.